The SMILES string of the molecule is Cc1ccc2cc3cc(C(=O)NCc4ccc(F)cc4)oc3nc2c1. The van der Waals surface area contributed by atoms with E-state index in [-0.39, 0.29) is 17.5 Å². The summed E-state index contributed by atoms with van der Waals surface area (Å²) < 4.78 is 18.5. The molecule has 0 aliphatic carbocycles. The number of halogens is 1. The van der Waals surface area contributed by atoms with Crippen molar-refractivity contribution in [1.29, 1.82) is 0 Å². The van der Waals surface area contributed by atoms with Gasteiger partial charge in [0.15, 0.2) is 5.76 Å². The molecule has 2 heterocycles. The zero-order valence-electron chi connectivity index (χ0n) is 13.5. The molecule has 25 heavy (non-hydrogen) atoms. The largest absolute Gasteiger partial charge is 0.433 e. The molecule has 0 unspecified atom stereocenters. The number of rotatable bonds is 3. The number of aryl methyl sites for hydroxylation is 1. The van der Waals surface area contributed by atoms with E-state index in [1.54, 1.807) is 18.2 Å². The molecule has 4 rings (SSSR count). The number of nitrogens with one attached hydrogen (secondary N) is 1. The lowest BCUT2D eigenvalue weighted by Gasteiger charge is -2.02. The number of pyridine rings is 1. The molecule has 1 N–H and O–H groups in total. The van der Waals surface area contributed by atoms with Crippen LogP contribution in [0.3, 0.4) is 0 Å². The summed E-state index contributed by atoms with van der Waals surface area (Å²) in [5.41, 5.74) is 3.19. The summed E-state index contributed by atoms with van der Waals surface area (Å²) in [6.45, 7) is 2.30. The highest BCUT2D eigenvalue weighted by Gasteiger charge is 2.13. The fourth-order valence-corrected chi connectivity index (χ4v) is 2.72. The van der Waals surface area contributed by atoms with Crippen molar-refractivity contribution in [2.45, 2.75) is 13.5 Å². The van der Waals surface area contributed by atoms with E-state index >= 15 is 0 Å². The zero-order valence-corrected chi connectivity index (χ0v) is 13.5. The lowest BCUT2D eigenvalue weighted by Crippen LogP contribution is -2.22. The van der Waals surface area contributed by atoms with Gasteiger partial charge in [0.1, 0.15) is 5.82 Å². The molecular weight excluding hydrogens is 319 g/mol. The second-order valence-electron chi connectivity index (χ2n) is 6.00. The summed E-state index contributed by atoms with van der Waals surface area (Å²) in [7, 11) is 0. The highest BCUT2D eigenvalue weighted by atomic mass is 19.1. The predicted octanol–water partition coefficient (Wildman–Crippen LogP) is 4.36. The zero-order chi connectivity index (χ0) is 17.4. The molecule has 4 nitrogen and oxygen atoms in total. The van der Waals surface area contributed by atoms with Gasteiger partial charge in [-0.05, 0) is 48.4 Å². The van der Waals surface area contributed by atoms with Crippen molar-refractivity contribution in [2.75, 3.05) is 0 Å². The van der Waals surface area contributed by atoms with Crippen LogP contribution >= 0.6 is 0 Å². The van der Waals surface area contributed by atoms with Crippen molar-refractivity contribution in [3.63, 3.8) is 0 Å². The molecule has 0 radical (unpaired) electrons. The van der Waals surface area contributed by atoms with Crippen LogP contribution in [0.15, 0.2) is 59.0 Å². The first kappa shape index (κ1) is 15.3. The molecule has 0 aliphatic rings. The van der Waals surface area contributed by atoms with Gasteiger partial charge < -0.3 is 9.73 Å². The minimum Gasteiger partial charge on any atom is -0.433 e. The number of furan rings is 1. The standard InChI is InChI=1S/C20H15FN2O2/c1-12-2-5-14-9-15-10-18(25-20(15)23-17(14)8-12)19(24)22-11-13-3-6-16(21)7-4-13/h2-10H,11H2,1H3,(H,22,24). The number of benzene rings is 2. The molecule has 0 saturated carbocycles. The van der Waals surface area contributed by atoms with Gasteiger partial charge in [-0.25, -0.2) is 9.37 Å². The van der Waals surface area contributed by atoms with E-state index in [4.69, 9.17) is 4.42 Å². The van der Waals surface area contributed by atoms with Gasteiger partial charge in [0.05, 0.1) is 5.52 Å². The van der Waals surface area contributed by atoms with Crippen molar-refractivity contribution in [3.05, 3.63) is 77.3 Å². The van der Waals surface area contributed by atoms with E-state index < -0.39 is 0 Å². The molecule has 0 atom stereocenters. The molecular formula is C20H15FN2O2. The Labute approximate surface area is 143 Å². The van der Waals surface area contributed by atoms with Crippen LogP contribution in [0.4, 0.5) is 4.39 Å². The van der Waals surface area contributed by atoms with E-state index in [9.17, 15) is 9.18 Å². The van der Waals surface area contributed by atoms with Crippen LogP contribution in [0.25, 0.3) is 22.0 Å². The van der Waals surface area contributed by atoms with Crippen LogP contribution in [0, 0.1) is 12.7 Å². The van der Waals surface area contributed by atoms with Gasteiger partial charge in [-0.3, -0.25) is 4.79 Å². The van der Waals surface area contributed by atoms with E-state index in [1.807, 2.05) is 31.2 Å². The molecule has 4 aromatic rings. The summed E-state index contributed by atoms with van der Waals surface area (Å²) in [4.78, 5) is 16.8. The predicted molar refractivity (Wildman–Crippen MR) is 93.8 cm³/mol. The second kappa shape index (κ2) is 6.02. The van der Waals surface area contributed by atoms with Gasteiger partial charge in [-0.2, -0.15) is 0 Å². The van der Waals surface area contributed by atoms with Crippen molar-refractivity contribution < 1.29 is 13.6 Å². The maximum absolute atomic E-state index is 12.9. The number of carbonyl (C=O) groups is 1. The van der Waals surface area contributed by atoms with Crippen LogP contribution in [-0.2, 0) is 6.54 Å². The Balaban J connectivity index is 1.58. The lowest BCUT2D eigenvalue weighted by atomic mass is 10.1. The van der Waals surface area contributed by atoms with Crippen LogP contribution < -0.4 is 5.32 Å². The van der Waals surface area contributed by atoms with Crippen LogP contribution in [0.5, 0.6) is 0 Å². The molecule has 0 fully saturated rings. The number of aromatic nitrogens is 1. The fourth-order valence-electron chi connectivity index (χ4n) is 2.72. The minimum absolute atomic E-state index is 0.205. The molecule has 2 aromatic heterocycles. The van der Waals surface area contributed by atoms with E-state index in [0.29, 0.717) is 12.3 Å². The Kier molecular flexibility index (Phi) is 3.69. The molecule has 0 saturated heterocycles. The number of amides is 1. The molecule has 0 bridgehead atoms. The normalized spacial score (nSPS) is 11.1. The Bertz CT molecular complexity index is 1080. The van der Waals surface area contributed by atoms with E-state index in [0.717, 1.165) is 27.4 Å². The Morgan fingerprint density at radius 2 is 1.88 bits per heavy atom. The summed E-state index contributed by atoms with van der Waals surface area (Å²) in [5.74, 6) is -0.431. The van der Waals surface area contributed by atoms with Crippen molar-refractivity contribution >= 4 is 27.9 Å². The van der Waals surface area contributed by atoms with Crippen LogP contribution in [-0.4, -0.2) is 10.9 Å². The molecule has 1 amide bonds. The Morgan fingerprint density at radius 3 is 2.68 bits per heavy atom. The molecule has 2 aromatic carbocycles. The third-order valence-electron chi connectivity index (χ3n) is 4.05. The lowest BCUT2D eigenvalue weighted by molar-refractivity contribution is 0.0925. The van der Waals surface area contributed by atoms with Crippen molar-refractivity contribution in [1.82, 2.24) is 10.3 Å². The smallest absolute Gasteiger partial charge is 0.287 e. The van der Waals surface area contributed by atoms with Crippen molar-refractivity contribution in [2.24, 2.45) is 0 Å². The van der Waals surface area contributed by atoms with E-state index in [2.05, 4.69) is 10.3 Å². The summed E-state index contributed by atoms with van der Waals surface area (Å²) in [5, 5.41) is 4.54. The number of fused-ring (bicyclic) bond motifs is 2. The quantitative estimate of drug-likeness (QED) is 0.606. The van der Waals surface area contributed by atoms with Gasteiger partial charge in [0, 0.05) is 17.3 Å². The second-order valence-corrected chi connectivity index (χ2v) is 6.00. The first-order chi connectivity index (χ1) is 12.1. The minimum atomic E-state index is -0.331. The summed E-state index contributed by atoms with van der Waals surface area (Å²) in [6.07, 6.45) is 0. The van der Waals surface area contributed by atoms with Gasteiger partial charge in [-0.15, -0.1) is 0 Å². The van der Waals surface area contributed by atoms with Gasteiger partial charge in [0.2, 0.25) is 5.71 Å². The summed E-state index contributed by atoms with van der Waals surface area (Å²) >= 11 is 0. The van der Waals surface area contributed by atoms with E-state index in [1.165, 1.54) is 12.1 Å². The average Bonchev–Trinajstić information content (AvgIpc) is 3.02. The molecule has 124 valence electrons. The van der Waals surface area contributed by atoms with Crippen LogP contribution in [0.2, 0.25) is 0 Å². The monoisotopic (exact) mass is 334 g/mol. The number of nitrogens with zero attached hydrogens (tertiary/aromatic N) is 1. The first-order valence-electron chi connectivity index (χ1n) is 7.92. The third-order valence-corrected chi connectivity index (χ3v) is 4.05. The van der Waals surface area contributed by atoms with Gasteiger partial charge >= 0.3 is 0 Å². The number of hydrogen-bond donors (Lipinski definition) is 1. The fraction of sp³-hybridized carbons (Fsp3) is 0.100. The highest BCUT2D eigenvalue weighted by molar-refractivity contribution is 5.98. The summed E-state index contributed by atoms with van der Waals surface area (Å²) in [6, 6.07) is 15.6. The average molecular weight is 334 g/mol. The topological polar surface area (TPSA) is 55.1 Å². The molecule has 5 heteroatoms. The maximum atomic E-state index is 12.9. The Morgan fingerprint density at radius 1 is 1.08 bits per heavy atom. The number of hydrogen-bond acceptors (Lipinski definition) is 3. The van der Waals surface area contributed by atoms with Gasteiger partial charge in [0.25, 0.3) is 5.91 Å². The van der Waals surface area contributed by atoms with Gasteiger partial charge in [-0.1, -0.05) is 24.3 Å². The molecule has 0 aliphatic heterocycles. The first-order valence-corrected chi connectivity index (χ1v) is 7.92. The van der Waals surface area contributed by atoms with Crippen LogP contribution in [0.1, 0.15) is 21.7 Å². The third kappa shape index (κ3) is 3.08. The maximum Gasteiger partial charge on any atom is 0.287 e. The Hall–Kier alpha value is -3.21. The number of carbonyl (C=O) groups excluding carboxylic acids is 1. The highest BCUT2D eigenvalue weighted by Crippen LogP contribution is 2.23. The molecule has 0 spiro atoms. The van der Waals surface area contributed by atoms with Crippen molar-refractivity contribution in [3.8, 4) is 0 Å².